The number of rotatable bonds is 62. The van der Waals surface area contributed by atoms with Gasteiger partial charge < -0.3 is 14.6 Å². The van der Waals surface area contributed by atoms with Crippen LogP contribution in [0, 0.1) is 0 Å². The van der Waals surface area contributed by atoms with Crippen LogP contribution in [0.4, 0.5) is 0 Å². The average Bonchev–Trinajstić information content (AvgIpc) is 3.38. The predicted octanol–water partition coefficient (Wildman–Crippen LogP) is 22.4. The molecule has 0 aromatic rings. The van der Waals surface area contributed by atoms with Crippen LogP contribution in [0.5, 0.6) is 0 Å². The van der Waals surface area contributed by atoms with Crippen LogP contribution >= 0.6 is 0 Å². The lowest BCUT2D eigenvalue weighted by molar-refractivity contribution is -0.161. The fourth-order valence-corrected chi connectivity index (χ4v) is 10.3. The van der Waals surface area contributed by atoms with Gasteiger partial charge in [-0.15, -0.1) is 0 Å². The van der Waals surface area contributed by atoms with Gasteiger partial charge in [-0.2, -0.15) is 0 Å². The summed E-state index contributed by atoms with van der Waals surface area (Å²) in [7, 11) is 0. The summed E-state index contributed by atoms with van der Waals surface area (Å²) in [5, 5.41) is 9.67. The van der Waals surface area contributed by atoms with Crippen molar-refractivity contribution in [2.45, 2.75) is 380 Å². The van der Waals surface area contributed by atoms with Crippen LogP contribution in [0.15, 0.2) is 24.3 Å². The minimum atomic E-state index is -0.769. The summed E-state index contributed by atoms with van der Waals surface area (Å²) in [6.07, 6.45) is 82.1. The van der Waals surface area contributed by atoms with Crippen molar-refractivity contribution in [3.63, 3.8) is 0 Å². The lowest BCUT2D eigenvalue weighted by Gasteiger charge is -2.15. The van der Waals surface area contributed by atoms with Crippen molar-refractivity contribution in [1.82, 2.24) is 0 Å². The van der Waals surface area contributed by atoms with Gasteiger partial charge in [0.05, 0.1) is 6.61 Å². The molecule has 0 saturated carbocycles. The molecule has 0 aliphatic rings. The summed E-state index contributed by atoms with van der Waals surface area (Å²) in [6, 6.07) is 0. The summed E-state index contributed by atoms with van der Waals surface area (Å²) < 4.78 is 10.7. The van der Waals surface area contributed by atoms with Gasteiger partial charge in [-0.3, -0.25) is 9.59 Å². The molecule has 1 unspecified atom stereocenters. The van der Waals surface area contributed by atoms with Gasteiger partial charge in [0.25, 0.3) is 0 Å². The molecule has 0 aromatic carbocycles. The van der Waals surface area contributed by atoms with Crippen molar-refractivity contribution >= 4 is 11.9 Å². The van der Waals surface area contributed by atoms with E-state index in [9.17, 15) is 14.7 Å². The third-order valence-electron chi connectivity index (χ3n) is 15.2. The summed E-state index contributed by atoms with van der Waals surface area (Å²) in [6.45, 7) is 4.19. The highest BCUT2D eigenvalue weighted by atomic mass is 16.6. The Morgan fingerprint density at radius 3 is 0.750 bits per heavy atom. The van der Waals surface area contributed by atoms with Crippen molar-refractivity contribution in [3.05, 3.63) is 24.3 Å². The molecule has 0 radical (unpaired) electrons. The molecule has 72 heavy (non-hydrogen) atoms. The van der Waals surface area contributed by atoms with Crippen LogP contribution in [0.1, 0.15) is 373 Å². The summed E-state index contributed by atoms with van der Waals surface area (Å²) in [5.41, 5.74) is 0. The van der Waals surface area contributed by atoms with Crippen LogP contribution < -0.4 is 0 Å². The molecule has 0 spiro atoms. The molecule has 0 aromatic heterocycles. The lowest BCUT2D eigenvalue weighted by atomic mass is 10.0. The third-order valence-corrected chi connectivity index (χ3v) is 15.2. The van der Waals surface area contributed by atoms with Gasteiger partial charge in [0.15, 0.2) is 6.10 Å². The molecule has 1 N–H and O–H groups in total. The Bertz CT molecular complexity index is 1100. The van der Waals surface area contributed by atoms with Gasteiger partial charge in [-0.25, -0.2) is 0 Å². The SMILES string of the molecule is CCCCCCCC/C=C\CCCCCCCCCCCC(=O)OCC(CO)OC(=O)CCCCCCCCCCCCCCCCCCCCCCCCCCCCC/C=C\CCCCCCCCCC. The second-order valence-corrected chi connectivity index (χ2v) is 22.5. The molecule has 5 nitrogen and oxygen atoms in total. The van der Waals surface area contributed by atoms with E-state index in [4.69, 9.17) is 9.47 Å². The highest BCUT2D eigenvalue weighted by Gasteiger charge is 2.16. The molecule has 0 bridgehead atoms. The normalized spacial score (nSPS) is 12.2. The van der Waals surface area contributed by atoms with E-state index in [0.717, 1.165) is 38.5 Å². The van der Waals surface area contributed by atoms with E-state index < -0.39 is 6.10 Å². The maximum atomic E-state index is 12.3. The van der Waals surface area contributed by atoms with Crippen molar-refractivity contribution in [3.8, 4) is 0 Å². The molecule has 0 amide bonds. The second kappa shape index (κ2) is 63.7. The molecule has 426 valence electrons. The molecular weight excluding hydrogens is 885 g/mol. The van der Waals surface area contributed by atoms with E-state index in [2.05, 4.69) is 38.2 Å². The number of hydrogen-bond donors (Lipinski definition) is 1. The topological polar surface area (TPSA) is 72.8 Å². The zero-order chi connectivity index (χ0) is 52.0. The molecule has 0 saturated heterocycles. The van der Waals surface area contributed by atoms with Crippen molar-refractivity contribution in [1.29, 1.82) is 0 Å². The monoisotopic (exact) mass is 1010 g/mol. The Labute approximate surface area is 451 Å². The Hall–Kier alpha value is -1.62. The number of hydrogen-bond acceptors (Lipinski definition) is 5. The molecular formula is C67H128O5. The minimum absolute atomic E-state index is 0.0606. The van der Waals surface area contributed by atoms with Crippen molar-refractivity contribution in [2.75, 3.05) is 13.2 Å². The molecule has 5 heteroatoms. The lowest BCUT2D eigenvalue weighted by Crippen LogP contribution is -2.28. The molecule has 0 heterocycles. The number of unbranched alkanes of at least 4 members (excludes halogenated alkanes) is 50. The van der Waals surface area contributed by atoms with Crippen LogP contribution in [-0.4, -0.2) is 36.4 Å². The van der Waals surface area contributed by atoms with E-state index in [1.165, 1.54) is 308 Å². The number of ether oxygens (including phenoxy) is 2. The Kier molecular flexibility index (Phi) is 62.2. The first-order valence-corrected chi connectivity index (χ1v) is 32.9. The molecule has 0 fully saturated rings. The van der Waals surface area contributed by atoms with Crippen LogP contribution in [-0.2, 0) is 19.1 Å². The van der Waals surface area contributed by atoms with Gasteiger partial charge in [0, 0.05) is 12.8 Å². The quantitative estimate of drug-likeness (QED) is 0.0373. The van der Waals surface area contributed by atoms with E-state index in [1.807, 2.05) is 0 Å². The van der Waals surface area contributed by atoms with Crippen molar-refractivity contribution < 1.29 is 24.2 Å². The number of esters is 2. The first-order valence-electron chi connectivity index (χ1n) is 32.9. The second-order valence-electron chi connectivity index (χ2n) is 22.5. The van der Waals surface area contributed by atoms with Crippen LogP contribution in [0.3, 0.4) is 0 Å². The largest absolute Gasteiger partial charge is 0.462 e. The van der Waals surface area contributed by atoms with Gasteiger partial charge in [0.2, 0.25) is 0 Å². The van der Waals surface area contributed by atoms with Crippen LogP contribution in [0.25, 0.3) is 0 Å². The highest BCUT2D eigenvalue weighted by molar-refractivity contribution is 5.70. The van der Waals surface area contributed by atoms with E-state index >= 15 is 0 Å². The number of carbonyl (C=O) groups excluding carboxylic acids is 2. The highest BCUT2D eigenvalue weighted by Crippen LogP contribution is 2.18. The number of allylic oxidation sites excluding steroid dienone is 4. The number of aliphatic hydroxyl groups is 1. The molecule has 0 aliphatic heterocycles. The summed E-state index contributed by atoms with van der Waals surface area (Å²) in [5.74, 6) is -0.571. The Morgan fingerprint density at radius 1 is 0.306 bits per heavy atom. The molecule has 1 atom stereocenters. The Balaban J connectivity index is 3.36. The number of aliphatic hydroxyl groups excluding tert-OH is 1. The maximum Gasteiger partial charge on any atom is 0.306 e. The summed E-state index contributed by atoms with van der Waals surface area (Å²) in [4.78, 5) is 24.6. The predicted molar refractivity (Wildman–Crippen MR) is 316 cm³/mol. The third kappa shape index (κ3) is 60.9. The number of carbonyl (C=O) groups is 2. The average molecular weight is 1010 g/mol. The molecule has 0 aliphatic carbocycles. The zero-order valence-corrected chi connectivity index (χ0v) is 49.0. The minimum Gasteiger partial charge on any atom is -0.462 e. The summed E-state index contributed by atoms with van der Waals surface area (Å²) >= 11 is 0. The van der Waals surface area contributed by atoms with E-state index in [1.54, 1.807) is 0 Å². The van der Waals surface area contributed by atoms with Gasteiger partial charge >= 0.3 is 11.9 Å². The fraction of sp³-hybridized carbons (Fsp3) is 0.910. The Morgan fingerprint density at radius 2 is 0.514 bits per heavy atom. The fourth-order valence-electron chi connectivity index (χ4n) is 10.3. The molecule has 0 rings (SSSR count). The first-order chi connectivity index (χ1) is 35.6. The van der Waals surface area contributed by atoms with Gasteiger partial charge in [-0.1, -0.05) is 321 Å². The first kappa shape index (κ1) is 70.4. The standard InChI is InChI=1S/C67H128O5/c1-3-5-7-9-11-13-15-17-19-21-23-24-25-26-27-28-29-30-31-32-33-34-35-36-37-38-39-40-41-42-44-46-48-50-52-54-56-58-60-62-67(70)72-65(63-68)64-71-66(69)61-59-57-55-53-51-49-47-45-43-22-20-18-16-14-12-10-8-6-4-2/h18,20-21,23,65,68H,3-17,19,22,24-64H2,1-2H3/b20-18-,23-21-. The zero-order valence-electron chi connectivity index (χ0n) is 49.0. The maximum absolute atomic E-state index is 12.3. The van der Waals surface area contributed by atoms with E-state index in [0.29, 0.717) is 12.8 Å². The van der Waals surface area contributed by atoms with E-state index in [-0.39, 0.29) is 25.2 Å². The van der Waals surface area contributed by atoms with Gasteiger partial charge in [0.1, 0.15) is 6.61 Å². The van der Waals surface area contributed by atoms with Crippen molar-refractivity contribution in [2.24, 2.45) is 0 Å². The van der Waals surface area contributed by atoms with Gasteiger partial charge in [-0.05, 0) is 64.2 Å². The smallest absolute Gasteiger partial charge is 0.306 e. The van der Waals surface area contributed by atoms with Crippen LogP contribution in [0.2, 0.25) is 0 Å².